The van der Waals surface area contributed by atoms with Crippen molar-refractivity contribution in [2.45, 2.75) is 19.9 Å². The summed E-state index contributed by atoms with van der Waals surface area (Å²) in [7, 11) is 0. The summed E-state index contributed by atoms with van der Waals surface area (Å²) in [6.07, 6.45) is 4.64. The van der Waals surface area contributed by atoms with Crippen LogP contribution >= 0.6 is 11.3 Å². The monoisotopic (exact) mass is 486 g/mol. The van der Waals surface area contributed by atoms with E-state index in [4.69, 9.17) is 4.74 Å². The van der Waals surface area contributed by atoms with Crippen LogP contribution in [0.5, 0.6) is 11.5 Å². The molecule has 0 spiro atoms. The number of amides is 1. The molecule has 34 heavy (non-hydrogen) atoms. The van der Waals surface area contributed by atoms with E-state index in [-0.39, 0.29) is 31.3 Å². The van der Waals surface area contributed by atoms with E-state index >= 15 is 4.39 Å². The number of hydrogen-bond donors (Lipinski definition) is 1. The second-order valence-electron chi connectivity index (χ2n) is 7.98. The summed E-state index contributed by atoms with van der Waals surface area (Å²) in [6.45, 7) is 3.79. The first-order valence-electron chi connectivity index (χ1n) is 10.5. The Bertz CT molecular complexity index is 1400. The van der Waals surface area contributed by atoms with Crippen LogP contribution in [-0.4, -0.2) is 45.4 Å². The first-order chi connectivity index (χ1) is 16.3. The molecule has 2 bridgehead atoms. The molecule has 4 heterocycles. The number of halogens is 2. The van der Waals surface area contributed by atoms with Gasteiger partial charge in [0.25, 0.3) is 5.91 Å². The first kappa shape index (κ1) is 22.1. The van der Waals surface area contributed by atoms with Crippen LogP contribution in [0.2, 0.25) is 0 Å². The van der Waals surface area contributed by atoms with E-state index in [0.29, 0.717) is 11.3 Å². The van der Waals surface area contributed by atoms with E-state index in [1.807, 2.05) is 13.8 Å². The molecule has 1 atom stereocenters. The number of pyridine rings is 1. The van der Waals surface area contributed by atoms with Gasteiger partial charge in [0.05, 0.1) is 15.6 Å². The predicted octanol–water partition coefficient (Wildman–Crippen LogP) is 2.99. The summed E-state index contributed by atoms with van der Waals surface area (Å²) >= 11 is 1.37. The summed E-state index contributed by atoms with van der Waals surface area (Å²) in [6, 6.07) is 2.85. The fourth-order valence-corrected chi connectivity index (χ4v) is 5.34. The summed E-state index contributed by atoms with van der Waals surface area (Å²) in [4.78, 5) is 32.1. The van der Waals surface area contributed by atoms with E-state index in [0.717, 1.165) is 22.0 Å². The Morgan fingerprint density at radius 2 is 1.97 bits per heavy atom. The van der Waals surface area contributed by atoms with Gasteiger partial charge in [-0.1, -0.05) is 6.08 Å². The average molecular weight is 487 g/mol. The van der Waals surface area contributed by atoms with E-state index in [1.54, 1.807) is 17.2 Å². The van der Waals surface area contributed by atoms with Crippen molar-refractivity contribution in [3.63, 3.8) is 0 Å². The molecule has 1 amide bonds. The number of rotatable bonds is 1. The van der Waals surface area contributed by atoms with Crippen molar-refractivity contribution >= 4 is 17.2 Å². The fourth-order valence-electron chi connectivity index (χ4n) is 4.28. The Morgan fingerprint density at radius 1 is 1.18 bits per heavy atom. The quantitative estimate of drug-likeness (QED) is 0.532. The summed E-state index contributed by atoms with van der Waals surface area (Å²) < 4.78 is 36.3. The van der Waals surface area contributed by atoms with Crippen LogP contribution < -0.4 is 15.2 Å². The molecule has 0 aliphatic carbocycles. The van der Waals surface area contributed by atoms with Gasteiger partial charge in [-0.2, -0.15) is 4.39 Å². The number of benzene rings is 1. The predicted molar refractivity (Wildman–Crippen MR) is 121 cm³/mol. The third-order valence-corrected chi connectivity index (χ3v) is 6.94. The smallest absolute Gasteiger partial charge is 0.278 e. The van der Waals surface area contributed by atoms with Gasteiger partial charge in [-0.25, -0.2) is 9.37 Å². The number of fused-ring (bicyclic) bond motifs is 5. The van der Waals surface area contributed by atoms with E-state index < -0.39 is 34.8 Å². The highest BCUT2D eigenvalue weighted by molar-refractivity contribution is 7.11. The van der Waals surface area contributed by atoms with E-state index in [1.165, 1.54) is 33.2 Å². The number of thiazole rings is 1. The lowest BCUT2D eigenvalue weighted by Crippen LogP contribution is -2.55. The van der Waals surface area contributed by atoms with Crippen LogP contribution in [0, 0.1) is 25.5 Å². The minimum absolute atomic E-state index is 0.0397. The standard InChI is InChI=1S/C23H20F2N4O4S/c1-12-22(34-13(2)26-12)18-14-5-6-15(24)17(25)21(14)33-10-4-3-8-27-11-29(18)28-9-7-16(30)20(31)19(28)23(27)32/h3-7,9,18,31H,8,10-11H2,1-2H3/b4-3-/t18-/m0/s1. The molecule has 0 radical (unpaired) electrons. The number of carbonyl (C=O) groups is 1. The molecule has 1 N–H and O–H groups in total. The maximum atomic E-state index is 15.0. The van der Waals surface area contributed by atoms with Gasteiger partial charge in [-0.05, 0) is 32.1 Å². The number of aromatic hydroxyl groups is 1. The number of aromatic nitrogens is 2. The zero-order valence-corrected chi connectivity index (χ0v) is 19.1. The normalized spacial score (nSPS) is 18.6. The summed E-state index contributed by atoms with van der Waals surface area (Å²) in [5, 5.41) is 13.0. The van der Waals surface area contributed by atoms with Gasteiger partial charge in [-0.3, -0.25) is 19.3 Å². The second-order valence-corrected chi connectivity index (χ2v) is 9.21. The highest BCUT2D eigenvalue weighted by Crippen LogP contribution is 2.41. The molecule has 0 unspecified atom stereocenters. The van der Waals surface area contributed by atoms with Crippen molar-refractivity contribution in [1.29, 1.82) is 0 Å². The Kier molecular flexibility index (Phi) is 5.35. The van der Waals surface area contributed by atoms with Gasteiger partial charge in [0, 0.05) is 24.4 Å². The number of hydrogen-bond acceptors (Lipinski definition) is 7. The van der Waals surface area contributed by atoms with Gasteiger partial charge in [0.15, 0.2) is 23.0 Å². The van der Waals surface area contributed by atoms with Crippen molar-refractivity contribution in [2.75, 3.05) is 24.8 Å². The fraction of sp³-hybridized carbons (Fsp3) is 0.261. The molecule has 0 fully saturated rings. The molecular weight excluding hydrogens is 466 g/mol. The van der Waals surface area contributed by atoms with Crippen molar-refractivity contribution < 1.29 is 23.4 Å². The van der Waals surface area contributed by atoms with Gasteiger partial charge in [-0.15, -0.1) is 11.3 Å². The lowest BCUT2D eigenvalue weighted by atomic mass is 10.0. The SMILES string of the molecule is Cc1nc(C)c([C@@H]2c3ccc(F)c(F)c3OC/C=C\CN3CN2n2ccc(=O)c(O)c2C3=O)s1. The zero-order chi connectivity index (χ0) is 24.1. The van der Waals surface area contributed by atoms with Crippen LogP contribution in [0.1, 0.15) is 37.7 Å². The highest BCUT2D eigenvalue weighted by atomic mass is 32.1. The largest absolute Gasteiger partial charge is 0.502 e. The minimum Gasteiger partial charge on any atom is -0.502 e. The molecule has 8 nitrogen and oxygen atoms in total. The molecule has 0 saturated heterocycles. The highest BCUT2D eigenvalue weighted by Gasteiger charge is 2.39. The van der Waals surface area contributed by atoms with Crippen LogP contribution in [0.4, 0.5) is 8.78 Å². The zero-order valence-electron chi connectivity index (χ0n) is 18.3. The molecule has 5 rings (SSSR count). The van der Waals surface area contributed by atoms with Crippen molar-refractivity contribution in [3.05, 3.63) is 85.2 Å². The first-order valence-corrected chi connectivity index (χ1v) is 11.3. The van der Waals surface area contributed by atoms with E-state index in [2.05, 4.69) is 4.98 Å². The topological polar surface area (TPSA) is 87.9 Å². The van der Waals surface area contributed by atoms with Crippen LogP contribution in [0.15, 0.2) is 41.3 Å². The number of ether oxygens (including phenoxy) is 1. The Morgan fingerprint density at radius 3 is 2.71 bits per heavy atom. The van der Waals surface area contributed by atoms with Crippen molar-refractivity contribution in [1.82, 2.24) is 14.6 Å². The molecule has 2 aliphatic rings. The lowest BCUT2D eigenvalue weighted by Gasteiger charge is -2.43. The van der Waals surface area contributed by atoms with Gasteiger partial charge in [0.1, 0.15) is 19.3 Å². The molecular formula is C23H20F2N4O4S. The Labute approximate surface area is 196 Å². The minimum atomic E-state index is -1.12. The molecule has 11 heteroatoms. The molecule has 0 saturated carbocycles. The van der Waals surface area contributed by atoms with Crippen molar-refractivity contribution in [2.24, 2.45) is 0 Å². The number of nitrogens with zero attached hydrogens (tertiary/aromatic N) is 4. The maximum Gasteiger partial charge on any atom is 0.278 e. The summed E-state index contributed by atoms with van der Waals surface area (Å²) in [5.74, 6) is -3.64. The Hall–Kier alpha value is -3.73. The lowest BCUT2D eigenvalue weighted by molar-refractivity contribution is 0.0701. The molecule has 2 aliphatic heterocycles. The maximum absolute atomic E-state index is 15.0. The molecule has 1 aromatic carbocycles. The number of carbonyl (C=O) groups excluding carboxylic acids is 1. The molecule has 3 aromatic rings. The Balaban J connectivity index is 1.85. The molecule has 2 aromatic heterocycles. The van der Waals surface area contributed by atoms with E-state index in [9.17, 15) is 19.1 Å². The third-order valence-electron chi connectivity index (χ3n) is 5.81. The van der Waals surface area contributed by atoms with Crippen LogP contribution in [-0.2, 0) is 0 Å². The van der Waals surface area contributed by atoms with Crippen LogP contribution in [0.3, 0.4) is 0 Å². The number of aryl methyl sites for hydroxylation is 2. The summed E-state index contributed by atoms with van der Waals surface area (Å²) in [5.41, 5.74) is 0.0886. The van der Waals surface area contributed by atoms with Gasteiger partial charge < -0.3 is 14.7 Å². The average Bonchev–Trinajstić information content (AvgIpc) is 3.12. The van der Waals surface area contributed by atoms with Gasteiger partial charge >= 0.3 is 0 Å². The van der Waals surface area contributed by atoms with Gasteiger partial charge in [0.2, 0.25) is 11.2 Å². The van der Waals surface area contributed by atoms with Crippen LogP contribution in [0.25, 0.3) is 0 Å². The molecule has 176 valence electrons. The third kappa shape index (κ3) is 3.43. The second kappa shape index (κ2) is 8.24. The van der Waals surface area contributed by atoms with Crippen molar-refractivity contribution in [3.8, 4) is 11.5 Å².